The van der Waals surface area contributed by atoms with E-state index in [1.165, 1.54) is 38.5 Å². The molecule has 0 amide bonds. The van der Waals surface area contributed by atoms with Crippen LogP contribution in [0, 0.1) is 0 Å². The summed E-state index contributed by atoms with van der Waals surface area (Å²) >= 11 is 0. The first kappa shape index (κ1) is 21.6. The molecule has 5 atom stereocenters. The number of hydrogen-bond donors (Lipinski definition) is 1. The first-order chi connectivity index (χ1) is 12.6. The lowest BCUT2D eigenvalue weighted by Crippen LogP contribution is -2.14. The summed E-state index contributed by atoms with van der Waals surface area (Å²) in [6.45, 7) is 3.96. The Morgan fingerprint density at radius 3 is 2.12 bits per heavy atom. The molecule has 0 aromatic heterocycles. The highest BCUT2D eigenvalue weighted by Crippen LogP contribution is 2.39. The quantitative estimate of drug-likeness (QED) is 0.251. The number of esters is 1. The lowest BCUT2D eigenvalue weighted by atomic mass is 10.0. The lowest BCUT2D eigenvalue weighted by molar-refractivity contribution is -0.146. The molecule has 2 aliphatic heterocycles. The molecule has 0 aliphatic carbocycles. The number of hydrogen-bond acceptors (Lipinski definition) is 5. The SMILES string of the molecule is CCCCCC1OC1CC1OC1CCCCCCCC(=O)OCC(C)O. The van der Waals surface area contributed by atoms with E-state index in [-0.39, 0.29) is 12.6 Å². The number of carbonyl (C=O) groups is 1. The summed E-state index contributed by atoms with van der Waals surface area (Å²) < 4.78 is 16.5. The van der Waals surface area contributed by atoms with Crippen LogP contribution in [0.2, 0.25) is 0 Å². The molecule has 2 fully saturated rings. The van der Waals surface area contributed by atoms with E-state index in [9.17, 15) is 4.79 Å². The molecule has 0 spiro atoms. The normalized spacial score (nSPS) is 28.0. The Morgan fingerprint density at radius 1 is 0.923 bits per heavy atom. The second-order valence-corrected chi connectivity index (χ2v) is 8.00. The van der Waals surface area contributed by atoms with Gasteiger partial charge in [0.2, 0.25) is 0 Å². The van der Waals surface area contributed by atoms with Crippen molar-refractivity contribution >= 4 is 5.97 Å². The molecule has 2 heterocycles. The second-order valence-electron chi connectivity index (χ2n) is 8.00. The highest BCUT2D eigenvalue weighted by Gasteiger charge is 2.47. The molecule has 2 rings (SSSR count). The molecule has 26 heavy (non-hydrogen) atoms. The Bertz CT molecular complexity index is 398. The van der Waals surface area contributed by atoms with Gasteiger partial charge in [-0.1, -0.05) is 51.9 Å². The highest BCUT2D eigenvalue weighted by molar-refractivity contribution is 5.69. The fraction of sp³-hybridized carbons (Fsp3) is 0.952. The van der Waals surface area contributed by atoms with Gasteiger partial charge < -0.3 is 19.3 Å². The summed E-state index contributed by atoms with van der Waals surface area (Å²) in [6, 6.07) is 0. The summed E-state index contributed by atoms with van der Waals surface area (Å²) in [5.41, 5.74) is 0. The van der Waals surface area contributed by atoms with Gasteiger partial charge in [0, 0.05) is 12.8 Å². The number of aliphatic hydroxyl groups is 1. The van der Waals surface area contributed by atoms with Crippen molar-refractivity contribution in [1.29, 1.82) is 0 Å². The van der Waals surface area contributed by atoms with E-state index in [1.807, 2.05) is 0 Å². The van der Waals surface area contributed by atoms with Gasteiger partial charge in [0.15, 0.2) is 0 Å². The van der Waals surface area contributed by atoms with Crippen molar-refractivity contribution in [3.05, 3.63) is 0 Å². The van der Waals surface area contributed by atoms with E-state index in [1.54, 1.807) is 6.92 Å². The topological polar surface area (TPSA) is 71.6 Å². The van der Waals surface area contributed by atoms with Crippen LogP contribution in [-0.2, 0) is 19.0 Å². The number of carbonyl (C=O) groups excluding carboxylic acids is 1. The monoisotopic (exact) mass is 370 g/mol. The van der Waals surface area contributed by atoms with Crippen molar-refractivity contribution in [1.82, 2.24) is 0 Å². The average molecular weight is 371 g/mol. The van der Waals surface area contributed by atoms with Gasteiger partial charge in [0.25, 0.3) is 0 Å². The highest BCUT2D eigenvalue weighted by atomic mass is 16.6. The molecule has 0 radical (unpaired) electrons. The van der Waals surface area contributed by atoms with Crippen LogP contribution in [0.25, 0.3) is 0 Å². The molecule has 0 aromatic rings. The Morgan fingerprint density at radius 2 is 1.50 bits per heavy atom. The maximum absolute atomic E-state index is 11.4. The number of epoxide rings is 2. The standard InChI is InChI=1S/C21H38O5/c1-3-4-8-11-17-19(25-17)14-20-18(26-20)12-9-6-5-7-10-13-21(23)24-15-16(2)22/h16-20,22H,3-15H2,1-2H3. The van der Waals surface area contributed by atoms with Gasteiger partial charge >= 0.3 is 5.97 Å². The second kappa shape index (κ2) is 11.9. The zero-order chi connectivity index (χ0) is 18.8. The Hall–Kier alpha value is -0.650. The molecule has 5 nitrogen and oxygen atoms in total. The van der Waals surface area contributed by atoms with Crippen LogP contribution < -0.4 is 0 Å². The molecule has 0 saturated carbocycles. The molecule has 5 heteroatoms. The number of unbranched alkanes of at least 4 members (excludes halogenated alkanes) is 6. The van der Waals surface area contributed by atoms with Gasteiger partial charge in [-0.25, -0.2) is 0 Å². The summed E-state index contributed by atoms with van der Waals surface area (Å²) in [4.78, 5) is 11.4. The van der Waals surface area contributed by atoms with Gasteiger partial charge in [0.05, 0.1) is 30.5 Å². The molecule has 5 unspecified atom stereocenters. The lowest BCUT2D eigenvalue weighted by Gasteiger charge is -2.06. The van der Waals surface area contributed by atoms with Crippen LogP contribution in [0.3, 0.4) is 0 Å². The zero-order valence-electron chi connectivity index (χ0n) is 16.7. The first-order valence-electron chi connectivity index (χ1n) is 10.7. The van der Waals surface area contributed by atoms with Crippen LogP contribution in [0.1, 0.15) is 90.9 Å². The molecule has 152 valence electrons. The first-order valence-corrected chi connectivity index (χ1v) is 10.7. The molecule has 2 saturated heterocycles. The van der Waals surface area contributed by atoms with Crippen molar-refractivity contribution in [2.45, 2.75) is 121 Å². The van der Waals surface area contributed by atoms with Crippen LogP contribution in [-0.4, -0.2) is 48.2 Å². The summed E-state index contributed by atoms with van der Waals surface area (Å²) in [5, 5.41) is 9.05. The summed E-state index contributed by atoms with van der Waals surface area (Å²) in [6.07, 6.45) is 14.6. The van der Waals surface area contributed by atoms with E-state index in [0.29, 0.717) is 30.8 Å². The minimum absolute atomic E-state index is 0.104. The van der Waals surface area contributed by atoms with Gasteiger partial charge in [-0.05, 0) is 26.2 Å². The van der Waals surface area contributed by atoms with Gasteiger partial charge in [-0.2, -0.15) is 0 Å². The van der Waals surface area contributed by atoms with Crippen molar-refractivity contribution in [3.8, 4) is 0 Å². The maximum Gasteiger partial charge on any atom is 0.305 e. The van der Waals surface area contributed by atoms with Crippen molar-refractivity contribution < 1.29 is 24.1 Å². The Labute approximate surface area is 158 Å². The third-order valence-electron chi connectivity index (χ3n) is 5.29. The van der Waals surface area contributed by atoms with Crippen molar-refractivity contribution in [3.63, 3.8) is 0 Å². The Kier molecular flexibility index (Phi) is 9.94. The maximum atomic E-state index is 11.4. The molecular weight excluding hydrogens is 332 g/mol. The predicted molar refractivity (Wildman–Crippen MR) is 101 cm³/mol. The van der Waals surface area contributed by atoms with E-state index < -0.39 is 6.10 Å². The molecule has 2 aliphatic rings. The number of rotatable bonds is 16. The van der Waals surface area contributed by atoms with E-state index in [2.05, 4.69) is 6.92 Å². The minimum Gasteiger partial charge on any atom is -0.463 e. The zero-order valence-corrected chi connectivity index (χ0v) is 16.7. The van der Waals surface area contributed by atoms with Crippen molar-refractivity contribution in [2.75, 3.05) is 6.61 Å². The minimum atomic E-state index is -0.578. The van der Waals surface area contributed by atoms with Gasteiger partial charge in [0.1, 0.15) is 6.61 Å². The van der Waals surface area contributed by atoms with Crippen LogP contribution >= 0.6 is 0 Å². The van der Waals surface area contributed by atoms with Crippen LogP contribution in [0.4, 0.5) is 0 Å². The van der Waals surface area contributed by atoms with Crippen LogP contribution in [0.5, 0.6) is 0 Å². The average Bonchev–Trinajstić information content (AvgIpc) is 3.52. The predicted octanol–water partition coefficient (Wildman–Crippen LogP) is 4.15. The molecule has 0 bridgehead atoms. The molecular formula is C21H38O5. The molecule has 0 aromatic carbocycles. The van der Waals surface area contributed by atoms with Crippen molar-refractivity contribution in [2.24, 2.45) is 0 Å². The fourth-order valence-corrected chi connectivity index (χ4v) is 3.54. The van der Waals surface area contributed by atoms with Gasteiger partial charge in [-0.15, -0.1) is 0 Å². The van der Waals surface area contributed by atoms with E-state index in [4.69, 9.17) is 19.3 Å². The summed E-state index contributed by atoms with van der Waals surface area (Å²) in [7, 11) is 0. The Balaban J connectivity index is 1.34. The smallest absolute Gasteiger partial charge is 0.305 e. The third-order valence-corrected chi connectivity index (χ3v) is 5.29. The third kappa shape index (κ3) is 9.33. The fourth-order valence-electron chi connectivity index (χ4n) is 3.54. The van der Waals surface area contributed by atoms with Crippen LogP contribution in [0.15, 0.2) is 0 Å². The number of ether oxygens (including phenoxy) is 3. The van der Waals surface area contributed by atoms with E-state index in [0.717, 1.165) is 32.1 Å². The largest absolute Gasteiger partial charge is 0.463 e. The summed E-state index contributed by atoms with van der Waals surface area (Å²) in [5.74, 6) is -0.199. The molecule has 1 N–H and O–H groups in total. The van der Waals surface area contributed by atoms with E-state index >= 15 is 0 Å². The number of aliphatic hydroxyl groups excluding tert-OH is 1. The van der Waals surface area contributed by atoms with Gasteiger partial charge in [-0.3, -0.25) is 4.79 Å².